The van der Waals surface area contributed by atoms with Crippen molar-refractivity contribution in [2.24, 2.45) is 5.92 Å². The molecular formula is C22H27N3O5S. The van der Waals surface area contributed by atoms with Gasteiger partial charge in [0.05, 0.1) is 30.5 Å². The summed E-state index contributed by atoms with van der Waals surface area (Å²) in [6.45, 7) is 1.97. The van der Waals surface area contributed by atoms with Gasteiger partial charge in [-0.05, 0) is 56.1 Å². The molecule has 9 heteroatoms. The standard InChI is InChI=1S/C22H27N3O5S/c1-15-14-31(28,29)25(22(15)27)18-9-5-17(6-10-18)21(26)23-13-20(24(2)3)16-7-11-19(30-4)12-8-16/h5-12,15,20H,13-14H2,1-4H3,(H,23,26). The molecule has 2 amide bonds. The number of hydrogen-bond donors (Lipinski definition) is 1. The second-order valence-corrected chi connectivity index (χ2v) is 9.65. The van der Waals surface area contributed by atoms with Crippen LogP contribution in [0.15, 0.2) is 48.5 Å². The molecule has 8 nitrogen and oxygen atoms in total. The Hall–Kier alpha value is -2.91. The van der Waals surface area contributed by atoms with E-state index in [-0.39, 0.29) is 23.4 Å². The van der Waals surface area contributed by atoms with Gasteiger partial charge in [-0.15, -0.1) is 0 Å². The van der Waals surface area contributed by atoms with Crippen LogP contribution in [0, 0.1) is 5.92 Å². The molecule has 1 saturated heterocycles. The monoisotopic (exact) mass is 445 g/mol. The average molecular weight is 446 g/mol. The molecule has 0 bridgehead atoms. The van der Waals surface area contributed by atoms with Crippen molar-refractivity contribution < 1.29 is 22.7 Å². The lowest BCUT2D eigenvalue weighted by molar-refractivity contribution is -0.119. The second-order valence-electron chi connectivity index (χ2n) is 7.79. The number of anilines is 1. The van der Waals surface area contributed by atoms with Crippen molar-refractivity contribution in [1.82, 2.24) is 10.2 Å². The Bertz CT molecular complexity index is 1050. The molecule has 0 aliphatic carbocycles. The Morgan fingerprint density at radius 1 is 1.16 bits per heavy atom. The number of carbonyl (C=O) groups is 2. The molecule has 1 fully saturated rings. The number of nitrogens with zero attached hydrogens (tertiary/aromatic N) is 2. The van der Waals surface area contributed by atoms with Crippen molar-refractivity contribution in [1.29, 1.82) is 0 Å². The van der Waals surface area contributed by atoms with E-state index >= 15 is 0 Å². The smallest absolute Gasteiger partial charge is 0.251 e. The van der Waals surface area contributed by atoms with Crippen molar-refractivity contribution in [3.05, 3.63) is 59.7 Å². The number of hydrogen-bond acceptors (Lipinski definition) is 6. The highest BCUT2D eigenvalue weighted by Crippen LogP contribution is 2.28. The molecule has 0 aromatic heterocycles. The zero-order valence-corrected chi connectivity index (χ0v) is 18.8. The van der Waals surface area contributed by atoms with Crippen LogP contribution in [0.5, 0.6) is 5.75 Å². The number of methoxy groups -OCH3 is 1. The van der Waals surface area contributed by atoms with Crippen LogP contribution in [0.2, 0.25) is 0 Å². The van der Waals surface area contributed by atoms with Gasteiger partial charge in [-0.2, -0.15) is 0 Å². The lowest BCUT2D eigenvalue weighted by Crippen LogP contribution is -2.34. The van der Waals surface area contributed by atoms with Crippen molar-refractivity contribution in [2.45, 2.75) is 13.0 Å². The van der Waals surface area contributed by atoms with E-state index in [1.165, 1.54) is 24.3 Å². The maximum Gasteiger partial charge on any atom is 0.251 e. The van der Waals surface area contributed by atoms with E-state index in [0.717, 1.165) is 15.6 Å². The Labute approximate surface area is 182 Å². The molecule has 2 aromatic carbocycles. The first-order chi connectivity index (χ1) is 14.6. The zero-order chi connectivity index (χ0) is 22.8. The van der Waals surface area contributed by atoms with E-state index in [0.29, 0.717) is 12.1 Å². The molecule has 1 heterocycles. The van der Waals surface area contributed by atoms with Crippen molar-refractivity contribution in [2.75, 3.05) is 37.8 Å². The zero-order valence-electron chi connectivity index (χ0n) is 18.0. The van der Waals surface area contributed by atoms with Crippen LogP contribution in [0.1, 0.15) is 28.9 Å². The molecule has 166 valence electrons. The van der Waals surface area contributed by atoms with Crippen LogP contribution in [0.4, 0.5) is 5.69 Å². The molecule has 1 aliphatic rings. The maximum absolute atomic E-state index is 12.6. The third-order valence-corrected chi connectivity index (χ3v) is 7.17. The van der Waals surface area contributed by atoms with Gasteiger partial charge in [-0.3, -0.25) is 9.59 Å². The molecule has 2 unspecified atom stereocenters. The highest BCUT2D eigenvalue weighted by molar-refractivity contribution is 7.94. The van der Waals surface area contributed by atoms with Gasteiger partial charge in [0, 0.05) is 12.1 Å². The molecule has 0 radical (unpaired) electrons. The molecule has 0 saturated carbocycles. The number of rotatable bonds is 7. The van der Waals surface area contributed by atoms with Gasteiger partial charge >= 0.3 is 0 Å². The Balaban J connectivity index is 1.69. The summed E-state index contributed by atoms with van der Waals surface area (Å²) < 4.78 is 30.5. The van der Waals surface area contributed by atoms with E-state index < -0.39 is 21.8 Å². The van der Waals surface area contributed by atoms with Gasteiger partial charge in [-0.1, -0.05) is 19.1 Å². The molecule has 31 heavy (non-hydrogen) atoms. The lowest BCUT2D eigenvalue weighted by Gasteiger charge is -2.25. The minimum atomic E-state index is -3.67. The fourth-order valence-corrected chi connectivity index (χ4v) is 5.37. The molecule has 1 N–H and O–H groups in total. The van der Waals surface area contributed by atoms with Gasteiger partial charge in [0.15, 0.2) is 0 Å². The molecule has 1 aliphatic heterocycles. The van der Waals surface area contributed by atoms with Crippen LogP contribution in [0.25, 0.3) is 0 Å². The number of benzene rings is 2. The number of amides is 2. The summed E-state index contributed by atoms with van der Waals surface area (Å²) in [4.78, 5) is 26.9. The number of likely N-dealkylation sites (N-methyl/N-ethyl adjacent to an activating group) is 1. The number of sulfonamides is 1. The fraction of sp³-hybridized carbons (Fsp3) is 0.364. The number of nitrogens with one attached hydrogen (secondary N) is 1. The van der Waals surface area contributed by atoms with E-state index in [1.54, 1.807) is 14.0 Å². The Kier molecular flexibility index (Phi) is 6.66. The Morgan fingerprint density at radius 2 is 1.77 bits per heavy atom. The summed E-state index contributed by atoms with van der Waals surface area (Å²) in [5.74, 6) is -0.751. The lowest BCUT2D eigenvalue weighted by atomic mass is 10.1. The number of carbonyl (C=O) groups excluding carboxylic acids is 2. The van der Waals surface area contributed by atoms with Crippen LogP contribution in [0.3, 0.4) is 0 Å². The Morgan fingerprint density at radius 3 is 2.26 bits per heavy atom. The van der Waals surface area contributed by atoms with Crippen LogP contribution in [-0.4, -0.2) is 58.6 Å². The summed E-state index contributed by atoms with van der Waals surface area (Å²) in [5, 5.41) is 2.92. The van der Waals surface area contributed by atoms with Crippen molar-refractivity contribution >= 4 is 27.5 Å². The molecule has 3 rings (SSSR count). The largest absolute Gasteiger partial charge is 0.497 e. The van der Waals surface area contributed by atoms with Crippen LogP contribution >= 0.6 is 0 Å². The topological polar surface area (TPSA) is 96.0 Å². The highest BCUT2D eigenvalue weighted by Gasteiger charge is 2.41. The minimum absolute atomic E-state index is 0.0389. The molecule has 2 aromatic rings. The van der Waals surface area contributed by atoms with Gasteiger partial charge in [0.25, 0.3) is 5.91 Å². The maximum atomic E-state index is 12.6. The van der Waals surface area contributed by atoms with E-state index in [9.17, 15) is 18.0 Å². The number of ether oxygens (including phenoxy) is 1. The predicted octanol–water partition coefficient (Wildman–Crippen LogP) is 2.04. The third-order valence-electron chi connectivity index (χ3n) is 5.30. The SMILES string of the molecule is COc1ccc(C(CNC(=O)c2ccc(N3C(=O)C(C)CS3(=O)=O)cc2)N(C)C)cc1. The van der Waals surface area contributed by atoms with E-state index in [4.69, 9.17) is 4.74 Å². The summed E-state index contributed by atoms with van der Waals surface area (Å²) in [6, 6.07) is 13.6. The van der Waals surface area contributed by atoms with Crippen molar-refractivity contribution in [3.63, 3.8) is 0 Å². The van der Waals surface area contributed by atoms with Crippen molar-refractivity contribution in [3.8, 4) is 5.75 Å². The average Bonchev–Trinajstić information content (AvgIpc) is 2.94. The molecule has 2 atom stereocenters. The first-order valence-corrected chi connectivity index (χ1v) is 11.5. The minimum Gasteiger partial charge on any atom is -0.497 e. The quantitative estimate of drug-likeness (QED) is 0.701. The van der Waals surface area contributed by atoms with Gasteiger partial charge < -0.3 is 15.0 Å². The summed E-state index contributed by atoms with van der Waals surface area (Å²) >= 11 is 0. The summed E-state index contributed by atoms with van der Waals surface area (Å²) in [7, 11) is 1.81. The van der Waals surface area contributed by atoms with E-state index in [2.05, 4.69) is 5.32 Å². The van der Waals surface area contributed by atoms with Gasteiger partial charge in [0.1, 0.15) is 5.75 Å². The van der Waals surface area contributed by atoms with Crippen LogP contribution < -0.4 is 14.4 Å². The normalized spacial score (nSPS) is 18.8. The molecular weight excluding hydrogens is 418 g/mol. The third kappa shape index (κ3) is 4.88. The summed E-state index contributed by atoms with van der Waals surface area (Å²) in [5.41, 5.74) is 1.66. The van der Waals surface area contributed by atoms with Gasteiger partial charge in [-0.25, -0.2) is 12.7 Å². The first-order valence-electron chi connectivity index (χ1n) is 9.89. The molecule has 0 spiro atoms. The van der Waals surface area contributed by atoms with Gasteiger partial charge in [0.2, 0.25) is 15.9 Å². The van der Waals surface area contributed by atoms with E-state index in [1.807, 2.05) is 43.3 Å². The predicted molar refractivity (Wildman–Crippen MR) is 119 cm³/mol. The summed E-state index contributed by atoms with van der Waals surface area (Å²) in [6.07, 6.45) is 0. The first kappa shape index (κ1) is 22.8. The fourth-order valence-electron chi connectivity index (χ4n) is 3.55. The highest BCUT2D eigenvalue weighted by atomic mass is 32.2. The van der Waals surface area contributed by atoms with Crippen LogP contribution in [-0.2, 0) is 14.8 Å². The second kappa shape index (κ2) is 9.07.